The molecule has 12 aromatic rings. The summed E-state index contributed by atoms with van der Waals surface area (Å²) in [5.74, 6) is 1.70. The maximum Gasteiger partial charge on any atom is 0.164 e. The molecule has 5 nitrogen and oxygen atoms in total. The summed E-state index contributed by atoms with van der Waals surface area (Å²) in [5.41, 5.74) is 17.3. The summed E-state index contributed by atoms with van der Waals surface area (Å²) in [7, 11) is 0. The molecule has 5 heteroatoms. The molecule has 0 aliphatic heterocycles. The Morgan fingerprint density at radius 3 is 0.779 bits per heavy atom. The minimum absolute atomic E-state index is 0.559. The van der Waals surface area contributed by atoms with Crippen molar-refractivity contribution in [2.75, 3.05) is 0 Å². The molecule has 0 N–H and O–H groups in total. The largest absolute Gasteiger partial charge is 0.256 e. The summed E-state index contributed by atoms with van der Waals surface area (Å²) in [4.78, 5) is 25.8. The zero-order valence-electron chi connectivity index (χ0n) is 36.9. The first kappa shape index (κ1) is 40.3. The highest BCUT2D eigenvalue weighted by molar-refractivity contribution is 5.90. The molecule has 0 aliphatic rings. The first-order chi connectivity index (χ1) is 33.6. The van der Waals surface area contributed by atoms with Crippen LogP contribution in [-0.4, -0.2) is 24.9 Å². The SMILES string of the molecule is c1ccc(-c2cc(-c3ccccc3)cc(-c3nc(-c4cc(-c5ccccc5)cc(-c5ccccc5)c4)nc(-c4cc(-c5ccc6cccnc6c5)cc(-c5ccc6cccnc6c5)c4)n3)c2)cc1. The van der Waals surface area contributed by atoms with E-state index in [9.17, 15) is 0 Å². The van der Waals surface area contributed by atoms with Crippen LogP contribution < -0.4 is 0 Å². The number of pyridine rings is 2. The van der Waals surface area contributed by atoms with E-state index in [-0.39, 0.29) is 0 Å². The third-order valence-electron chi connectivity index (χ3n) is 12.5. The van der Waals surface area contributed by atoms with Crippen LogP contribution in [-0.2, 0) is 0 Å². The van der Waals surface area contributed by atoms with Gasteiger partial charge in [0.05, 0.1) is 11.0 Å². The van der Waals surface area contributed by atoms with Crippen molar-refractivity contribution in [2.24, 2.45) is 0 Å². The molecule has 0 spiro atoms. The number of benzene rings is 9. The van der Waals surface area contributed by atoms with Crippen molar-refractivity contribution in [3.8, 4) is 101 Å². The fourth-order valence-electron chi connectivity index (χ4n) is 9.05. The van der Waals surface area contributed by atoms with E-state index < -0.39 is 0 Å². The highest BCUT2D eigenvalue weighted by Crippen LogP contribution is 2.38. The smallest absolute Gasteiger partial charge is 0.164 e. The number of rotatable bonds is 9. The van der Waals surface area contributed by atoms with Crippen LogP contribution in [0, 0.1) is 0 Å². The van der Waals surface area contributed by atoms with Crippen LogP contribution in [0.1, 0.15) is 0 Å². The molecule has 318 valence electrons. The van der Waals surface area contributed by atoms with Crippen molar-refractivity contribution in [1.82, 2.24) is 24.9 Å². The van der Waals surface area contributed by atoms with E-state index in [0.29, 0.717) is 17.5 Å². The van der Waals surface area contributed by atoms with Gasteiger partial charge < -0.3 is 0 Å². The molecule has 0 fully saturated rings. The second-order valence-corrected chi connectivity index (χ2v) is 17.0. The van der Waals surface area contributed by atoms with Gasteiger partial charge >= 0.3 is 0 Å². The zero-order chi connectivity index (χ0) is 45.2. The lowest BCUT2D eigenvalue weighted by Crippen LogP contribution is -2.01. The normalized spacial score (nSPS) is 11.2. The Kier molecular flexibility index (Phi) is 10.5. The van der Waals surface area contributed by atoms with E-state index in [4.69, 9.17) is 24.9 Å². The van der Waals surface area contributed by atoms with Gasteiger partial charge in [0.1, 0.15) is 0 Å². The third-order valence-corrected chi connectivity index (χ3v) is 12.5. The van der Waals surface area contributed by atoms with E-state index in [1.165, 1.54) is 0 Å². The Balaban J connectivity index is 1.12. The van der Waals surface area contributed by atoms with Crippen LogP contribution in [0.25, 0.3) is 123 Å². The van der Waals surface area contributed by atoms with Gasteiger partial charge in [-0.3, -0.25) is 9.97 Å². The molecular weight excluding hydrogens is 827 g/mol. The second kappa shape index (κ2) is 17.7. The molecule has 0 saturated heterocycles. The van der Waals surface area contributed by atoms with E-state index >= 15 is 0 Å². The van der Waals surface area contributed by atoms with Crippen molar-refractivity contribution >= 4 is 21.8 Å². The van der Waals surface area contributed by atoms with E-state index in [2.05, 4.69) is 224 Å². The Labute approximate surface area is 394 Å². The monoisotopic (exact) mass is 867 g/mol. The van der Waals surface area contributed by atoms with Crippen molar-refractivity contribution in [3.05, 3.63) is 249 Å². The van der Waals surface area contributed by atoms with Gasteiger partial charge in [-0.2, -0.15) is 0 Å². The molecule has 0 bridgehead atoms. The average molecular weight is 868 g/mol. The van der Waals surface area contributed by atoms with Crippen LogP contribution in [0.2, 0.25) is 0 Å². The Morgan fingerprint density at radius 2 is 0.471 bits per heavy atom. The lowest BCUT2D eigenvalue weighted by molar-refractivity contribution is 1.07. The van der Waals surface area contributed by atoms with Crippen LogP contribution in [0.3, 0.4) is 0 Å². The Morgan fingerprint density at radius 1 is 0.191 bits per heavy atom. The maximum absolute atomic E-state index is 5.45. The molecule has 12 rings (SSSR count). The summed E-state index contributed by atoms with van der Waals surface area (Å²) in [6, 6.07) is 83.0. The molecule has 0 radical (unpaired) electrons. The first-order valence-electron chi connectivity index (χ1n) is 22.8. The highest BCUT2D eigenvalue weighted by Gasteiger charge is 2.19. The summed E-state index contributed by atoms with van der Waals surface area (Å²) in [6.07, 6.45) is 3.69. The van der Waals surface area contributed by atoms with Gasteiger partial charge in [0.15, 0.2) is 17.5 Å². The lowest BCUT2D eigenvalue weighted by Gasteiger charge is -2.15. The average Bonchev–Trinajstić information content (AvgIpc) is 3.43. The lowest BCUT2D eigenvalue weighted by atomic mass is 9.94. The summed E-state index contributed by atoms with van der Waals surface area (Å²) in [6.45, 7) is 0. The van der Waals surface area contributed by atoms with Crippen molar-refractivity contribution < 1.29 is 0 Å². The van der Waals surface area contributed by atoms with Crippen molar-refractivity contribution in [1.29, 1.82) is 0 Å². The van der Waals surface area contributed by atoms with E-state index in [1.54, 1.807) is 0 Å². The molecule has 3 aromatic heterocycles. The molecular formula is C63H41N5. The van der Waals surface area contributed by atoms with Crippen LogP contribution in [0.15, 0.2) is 249 Å². The van der Waals surface area contributed by atoms with Gasteiger partial charge in [0.2, 0.25) is 0 Å². The topological polar surface area (TPSA) is 64.5 Å². The van der Waals surface area contributed by atoms with Crippen LogP contribution >= 0.6 is 0 Å². The standard InChI is InChI=1S/C63H41N5/c1-5-15-42(16-6-1)50-31-51(43-17-7-2-8-18-43)35-56(34-50)61-66-62(57-36-52(44-19-9-3-10-20-44)32-53(37-57)45-21-11-4-12-22-45)68-63(67-61)58-38-54(48-27-25-46-23-13-29-64-59(46)40-48)33-55(39-58)49-28-26-47-24-14-30-65-60(47)41-49/h1-41H. The van der Waals surface area contributed by atoms with Gasteiger partial charge in [-0.25, -0.2) is 15.0 Å². The van der Waals surface area contributed by atoms with Crippen LogP contribution in [0.4, 0.5) is 0 Å². The molecule has 0 saturated carbocycles. The quantitative estimate of drug-likeness (QED) is 0.145. The molecule has 0 atom stereocenters. The fraction of sp³-hybridized carbons (Fsp3) is 0. The summed E-state index contributed by atoms with van der Waals surface area (Å²) in [5, 5.41) is 2.17. The number of fused-ring (bicyclic) bond motifs is 2. The number of nitrogens with zero attached hydrogens (tertiary/aromatic N) is 5. The molecule has 68 heavy (non-hydrogen) atoms. The minimum Gasteiger partial charge on any atom is -0.256 e. The highest BCUT2D eigenvalue weighted by atomic mass is 15.0. The Hall–Kier alpha value is -9.19. The molecule has 3 heterocycles. The van der Waals surface area contributed by atoms with Crippen LogP contribution in [0.5, 0.6) is 0 Å². The van der Waals surface area contributed by atoms with Gasteiger partial charge in [-0.05, 0) is 146 Å². The molecule has 0 amide bonds. The minimum atomic E-state index is 0.559. The third kappa shape index (κ3) is 8.21. The maximum atomic E-state index is 5.45. The second-order valence-electron chi connectivity index (χ2n) is 17.0. The predicted molar refractivity (Wildman–Crippen MR) is 279 cm³/mol. The summed E-state index contributed by atoms with van der Waals surface area (Å²) < 4.78 is 0. The molecule has 0 aliphatic carbocycles. The predicted octanol–water partition coefficient (Wildman–Crippen LogP) is 16.0. The van der Waals surface area contributed by atoms with Gasteiger partial charge in [0, 0.05) is 39.9 Å². The molecule has 0 unspecified atom stereocenters. The van der Waals surface area contributed by atoms with E-state index in [0.717, 1.165) is 105 Å². The van der Waals surface area contributed by atoms with Gasteiger partial charge in [-0.15, -0.1) is 0 Å². The first-order valence-corrected chi connectivity index (χ1v) is 22.8. The van der Waals surface area contributed by atoms with Crippen molar-refractivity contribution in [2.45, 2.75) is 0 Å². The van der Waals surface area contributed by atoms with E-state index in [1.807, 2.05) is 24.5 Å². The Bertz CT molecular complexity index is 3420. The number of hydrogen-bond donors (Lipinski definition) is 0. The van der Waals surface area contributed by atoms with Crippen molar-refractivity contribution in [3.63, 3.8) is 0 Å². The van der Waals surface area contributed by atoms with Gasteiger partial charge in [0.25, 0.3) is 0 Å². The zero-order valence-corrected chi connectivity index (χ0v) is 36.9. The fourth-order valence-corrected chi connectivity index (χ4v) is 9.05. The molecule has 9 aromatic carbocycles. The number of hydrogen-bond acceptors (Lipinski definition) is 5. The summed E-state index contributed by atoms with van der Waals surface area (Å²) >= 11 is 0. The number of aromatic nitrogens is 5. The van der Waals surface area contributed by atoms with Gasteiger partial charge in [-0.1, -0.05) is 158 Å².